The van der Waals surface area contributed by atoms with Gasteiger partial charge in [-0.25, -0.2) is 0 Å². The summed E-state index contributed by atoms with van der Waals surface area (Å²) in [5.74, 6) is 1.33. The molecular formula is C17H20N4O2. The number of hydrogen-bond donors (Lipinski definition) is 1. The molecule has 1 N–H and O–H groups in total. The van der Waals surface area contributed by atoms with E-state index in [4.69, 9.17) is 4.52 Å². The van der Waals surface area contributed by atoms with Gasteiger partial charge >= 0.3 is 0 Å². The average Bonchev–Trinajstić information content (AvgIpc) is 3.20. The van der Waals surface area contributed by atoms with Crippen LogP contribution in [0.15, 0.2) is 34.9 Å². The highest BCUT2D eigenvalue weighted by atomic mass is 16.5. The van der Waals surface area contributed by atoms with E-state index in [1.165, 1.54) is 0 Å². The molecular weight excluding hydrogens is 292 g/mol. The SMILES string of the molecule is O=C1NCCCC12CCCN2Cc1noc(-c2ccccc2)n1. The number of nitrogens with zero attached hydrogens (tertiary/aromatic N) is 3. The fourth-order valence-corrected chi connectivity index (χ4v) is 3.75. The molecule has 6 heteroatoms. The molecule has 1 aromatic heterocycles. The number of aromatic nitrogens is 2. The highest BCUT2D eigenvalue weighted by Gasteiger charge is 2.48. The van der Waals surface area contributed by atoms with E-state index in [9.17, 15) is 4.79 Å². The minimum atomic E-state index is -0.369. The van der Waals surface area contributed by atoms with E-state index in [2.05, 4.69) is 20.4 Å². The summed E-state index contributed by atoms with van der Waals surface area (Å²) in [5, 5.41) is 7.12. The van der Waals surface area contributed by atoms with Crippen molar-refractivity contribution in [3.05, 3.63) is 36.2 Å². The van der Waals surface area contributed by atoms with Crippen molar-refractivity contribution in [2.45, 2.75) is 37.8 Å². The third-order valence-corrected chi connectivity index (χ3v) is 4.92. The van der Waals surface area contributed by atoms with Gasteiger partial charge in [-0.05, 0) is 44.4 Å². The first-order valence-corrected chi connectivity index (χ1v) is 8.19. The molecule has 120 valence electrons. The minimum absolute atomic E-state index is 0.160. The molecule has 0 aliphatic carbocycles. The normalized spacial score (nSPS) is 25.0. The Kier molecular flexibility index (Phi) is 3.61. The molecule has 1 amide bonds. The molecule has 23 heavy (non-hydrogen) atoms. The van der Waals surface area contributed by atoms with Crippen LogP contribution in [-0.2, 0) is 11.3 Å². The predicted octanol–water partition coefficient (Wildman–Crippen LogP) is 1.98. The number of likely N-dealkylation sites (tertiary alicyclic amines) is 1. The fraction of sp³-hybridized carbons (Fsp3) is 0.471. The van der Waals surface area contributed by atoms with Crippen LogP contribution in [0.25, 0.3) is 11.5 Å². The lowest BCUT2D eigenvalue weighted by Gasteiger charge is -2.39. The van der Waals surface area contributed by atoms with E-state index < -0.39 is 0 Å². The Labute approximate surface area is 134 Å². The first-order valence-electron chi connectivity index (χ1n) is 8.19. The molecule has 2 aliphatic rings. The van der Waals surface area contributed by atoms with Crippen molar-refractivity contribution >= 4 is 5.91 Å². The zero-order chi connectivity index (χ0) is 15.7. The summed E-state index contributed by atoms with van der Waals surface area (Å²) in [5.41, 5.74) is 0.545. The van der Waals surface area contributed by atoms with Crippen molar-refractivity contribution in [1.82, 2.24) is 20.4 Å². The lowest BCUT2D eigenvalue weighted by molar-refractivity contribution is -0.134. The van der Waals surface area contributed by atoms with Gasteiger partial charge in [-0.2, -0.15) is 4.98 Å². The Bertz CT molecular complexity index is 700. The van der Waals surface area contributed by atoms with E-state index in [1.54, 1.807) is 0 Å². The summed E-state index contributed by atoms with van der Waals surface area (Å²) in [7, 11) is 0. The maximum atomic E-state index is 12.4. The number of hydrogen-bond acceptors (Lipinski definition) is 5. The summed E-state index contributed by atoms with van der Waals surface area (Å²) in [6.45, 7) is 2.25. The molecule has 2 fully saturated rings. The summed E-state index contributed by atoms with van der Waals surface area (Å²) in [6.07, 6.45) is 3.91. The Morgan fingerprint density at radius 3 is 2.87 bits per heavy atom. The molecule has 1 unspecified atom stereocenters. The number of amides is 1. The third kappa shape index (κ3) is 2.53. The van der Waals surface area contributed by atoms with Crippen LogP contribution in [0.4, 0.5) is 0 Å². The zero-order valence-electron chi connectivity index (χ0n) is 13.0. The van der Waals surface area contributed by atoms with E-state index in [0.29, 0.717) is 18.3 Å². The molecule has 3 heterocycles. The highest BCUT2D eigenvalue weighted by molar-refractivity contribution is 5.87. The summed E-state index contributed by atoms with van der Waals surface area (Å²) < 4.78 is 5.38. The van der Waals surface area contributed by atoms with Gasteiger partial charge in [-0.3, -0.25) is 9.69 Å². The van der Waals surface area contributed by atoms with Gasteiger partial charge in [-0.1, -0.05) is 23.4 Å². The van der Waals surface area contributed by atoms with Crippen molar-refractivity contribution in [3.63, 3.8) is 0 Å². The van der Waals surface area contributed by atoms with Gasteiger partial charge in [0, 0.05) is 12.1 Å². The van der Waals surface area contributed by atoms with Crippen LogP contribution in [0.1, 0.15) is 31.5 Å². The van der Waals surface area contributed by atoms with Gasteiger partial charge in [0.05, 0.1) is 6.54 Å². The molecule has 1 atom stereocenters. The minimum Gasteiger partial charge on any atom is -0.354 e. The summed E-state index contributed by atoms with van der Waals surface area (Å²) >= 11 is 0. The van der Waals surface area contributed by atoms with Crippen LogP contribution in [0.3, 0.4) is 0 Å². The van der Waals surface area contributed by atoms with Crippen molar-refractivity contribution in [2.24, 2.45) is 0 Å². The number of carbonyl (C=O) groups excluding carboxylic acids is 1. The van der Waals surface area contributed by atoms with Crippen LogP contribution in [0, 0.1) is 0 Å². The maximum absolute atomic E-state index is 12.4. The van der Waals surface area contributed by atoms with Gasteiger partial charge in [-0.15, -0.1) is 0 Å². The first kappa shape index (κ1) is 14.4. The second kappa shape index (κ2) is 5.77. The molecule has 1 aromatic carbocycles. The van der Waals surface area contributed by atoms with E-state index >= 15 is 0 Å². The van der Waals surface area contributed by atoms with E-state index in [0.717, 1.165) is 44.3 Å². The number of piperidine rings is 1. The molecule has 4 rings (SSSR count). The number of carbonyl (C=O) groups is 1. The smallest absolute Gasteiger partial charge is 0.257 e. The molecule has 0 bridgehead atoms. The first-order chi connectivity index (χ1) is 11.3. The summed E-state index contributed by atoms with van der Waals surface area (Å²) in [6, 6.07) is 9.74. The molecule has 0 saturated carbocycles. The Balaban J connectivity index is 1.54. The van der Waals surface area contributed by atoms with Gasteiger partial charge in [0.25, 0.3) is 5.89 Å². The molecule has 2 saturated heterocycles. The topological polar surface area (TPSA) is 71.3 Å². The van der Waals surface area contributed by atoms with Crippen molar-refractivity contribution in [2.75, 3.05) is 13.1 Å². The molecule has 0 radical (unpaired) electrons. The molecule has 2 aliphatic heterocycles. The summed E-state index contributed by atoms with van der Waals surface area (Å²) in [4.78, 5) is 19.1. The maximum Gasteiger partial charge on any atom is 0.257 e. The lowest BCUT2D eigenvalue weighted by Crippen LogP contribution is -2.58. The van der Waals surface area contributed by atoms with E-state index in [-0.39, 0.29) is 11.4 Å². The Hall–Kier alpha value is -2.21. The third-order valence-electron chi connectivity index (χ3n) is 4.92. The molecule has 6 nitrogen and oxygen atoms in total. The van der Waals surface area contributed by atoms with Crippen LogP contribution in [0.5, 0.6) is 0 Å². The standard InChI is InChI=1S/C17H20N4O2/c22-16-17(8-4-10-18-16)9-5-11-21(17)12-14-19-15(23-20-14)13-6-2-1-3-7-13/h1-3,6-7H,4-5,8-12H2,(H,18,22). The van der Waals surface area contributed by atoms with Crippen molar-refractivity contribution < 1.29 is 9.32 Å². The van der Waals surface area contributed by atoms with Gasteiger partial charge < -0.3 is 9.84 Å². The number of benzene rings is 1. The van der Waals surface area contributed by atoms with Crippen LogP contribution < -0.4 is 5.32 Å². The number of nitrogens with one attached hydrogen (secondary N) is 1. The second-order valence-corrected chi connectivity index (χ2v) is 6.30. The van der Waals surface area contributed by atoms with Gasteiger partial charge in [0.2, 0.25) is 5.91 Å². The van der Waals surface area contributed by atoms with Crippen LogP contribution >= 0.6 is 0 Å². The lowest BCUT2D eigenvalue weighted by atomic mass is 9.86. The van der Waals surface area contributed by atoms with Gasteiger partial charge in [0.1, 0.15) is 5.54 Å². The zero-order valence-corrected chi connectivity index (χ0v) is 13.0. The molecule has 2 aromatic rings. The average molecular weight is 312 g/mol. The monoisotopic (exact) mass is 312 g/mol. The quantitative estimate of drug-likeness (QED) is 0.938. The van der Waals surface area contributed by atoms with Crippen LogP contribution in [0.2, 0.25) is 0 Å². The van der Waals surface area contributed by atoms with Crippen molar-refractivity contribution in [3.8, 4) is 11.5 Å². The van der Waals surface area contributed by atoms with Gasteiger partial charge in [0.15, 0.2) is 5.82 Å². The second-order valence-electron chi connectivity index (χ2n) is 6.30. The molecule has 1 spiro atoms. The highest BCUT2D eigenvalue weighted by Crippen LogP contribution is 2.36. The van der Waals surface area contributed by atoms with E-state index in [1.807, 2.05) is 30.3 Å². The largest absolute Gasteiger partial charge is 0.354 e. The predicted molar refractivity (Wildman–Crippen MR) is 84.4 cm³/mol. The fourth-order valence-electron chi connectivity index (χ4n) is 3.75. The van der Waals surface area contributed by atoms with Crippen molar-refractivity contribution in [1.29, 1.82) is 0 Å². The number of rotatable bonds is 3. The van der Waals surface area contributed by atoms with Crippen LogP contribution in [-0.4, -0.2) is 39.6 Å². The Morgan fingerprint density at radius 2 is 2.04 bits per heavy atom. The Morgan fingerprint density at radius 1 is 1.22 bits per heavy atom.